The SMILES string of the molecule is COc1cc(C[C@@H]2C(=O)N(C)c3ccc(Br)cc32)cc(OC)c1OC. The topological polar surface area (TPSA) is 48.0 Å². The van der Waals surface area contributed by atoms with E-state index in [1.807, 2.05) is 37.4 Å². The van der Waals surface area contributed by atoms with Crippen molar-refractivity contribution in [3.05, 3.63) is 45.9 Å². The Morgan fingerprint density at radius 3 is 2.24 bits per heavy atom. The van der Waals surface area contributed by atoms with Gasteiger partial charge in [0.05, 0.1) is 27.2 Å². The van der Waals surface area contributed by atoms with Gasteiger partial charge in [-0.25, -0.2) is 0 Å². The number of methoxy groups -OCH3 is 3. The molecule has 5 nitrogen and oxygen atoms in total. The molecule has 1 atom stereocenters. The summed E-state index contributed by atoms with van der Waals surface area (Å²) >= 11 is 3.50. The number of nitrogens with zero attached hydrogens (tertiary/aromatic N) is 1. The number of hydrogen-bond donors (Lipinski definition) is 0. The van der Waals surface area contributed by atoms with Crippen molar-refractivity contribution < 1.29 is 19.0 Å². The lowest BCUT2D eigenvalue weighted by Gasteiger charge is -2.16. The zero-order valence-electron chi connectivity index (χ0n) is 14.6. The third-order valence-corrected chi connectivity index (χ3v) is 5.01. The fraction of sp³-hybridized carbons (Fsp3) is 0.316. The molecule has 3 rings (SSSR count). The second-order valence-corrected chi connectivity index (χ2v) is 6.81. The maximum Gasteiger partial charge on any atom is 0.234 e. The van der Waals surface area contributed by atoms with Crippen LogP contribution in [0.15, 0.2) is 34.8 Å². The highest BCUT2D eigenvalue weighted by Crippen LogP contribution is 2.43. The molecule has 1 aliphatic heterocycles. The molecule has 0 N–H and O–H groups in total. The van der Waals surface area contributed by atoms with E-state index in [2.05, 4.69) is 15.9 Å². The first-order chi connectivity index (χ1) is 12.0. The van der Waals surface area contributed by atoms with Gasteiger partial charge in [0.25, 0.3) is 0 Å². The Labute approximate surface area is 155 Å². The number of carbonyl (C=O) groups is 1. The van der Waals surface area contributed by atoms with Crippen molar-refractivity contribution in [1.82, 2.24) is 0 Å². The Morgan fingerprint density at radius 1 is 1.04 bits per heavy atom. The summed E-state index contributed by atoms with van der Waals surface area (Å²) < 4.78 is 17.1. The number of rotatable bonds is 5. The summed E-state index contributed by atoms with van der Waals surface area (Å²) in [7, 11) is 6.55. The average molecular weight is 406 g/mol. The Kier molecular flexibility index (Phi) is 4.90. The number of amides is 1. The number of halogens is 1. The number of anilines is 1. The lowest BCUT2D eigenvalue weighted by Crippen LogP contribution is -2.24. The molecule has 132 valence electrons. The highest BCUT2D eigenvalue weighted by Gasteiger charge is 2.35. The van der Waals surface area contributed by atoms with E-state index in [-0.39, 0.29) is 11.8 Å². The van der Waals surface area contributed by atoms with Gasteiger partial charge in [-0.3, -0.25) is 4.79 Å². The van der Waals surface area contributed by atoms with Crippen LogP contribution >= 0.6 is 15.9 Å². The van der Waals surface area contributed by atoms with Crippen LogP contribution in [0.4, 0.5) is 5.69 Å². The van der Waals surface area contributed by atoms with Crippen molar-refractivity contribution >= 4 is 27.5 Å². The lowest BCUT2D eigenvalue weighted by atomic mass is 9.93. The number of ether oxygens (including phenoxy) is 3. The first kappa shape index (κ1) is 17.6. The van der Waals surface area contributed by atoms with Crippen LogP contribution in [0.1, 0.15) is 17.0 Å². The van der Waals surface area contributed by atoms with Crippen LogP contribution in [0.5, 0.6) is 17.2 Å². The molecule has 6 heteroatoms. The normalized spacial score (nSPS) is 16.0. The molecule has 0 saturated heterocycles. The van der Waals surface area contributed by atoms with Gasteiger partial charge in [0, 0.05) is 17.2 Å². The Hall–Kier alpha value is -2.21. The van der Waals surface area contributed by atoms with Crippen molar-refractivity contribution in [1.29, 1.82) is 0 Å². The minimum Gasteiger partial charge on any atom is -0.493 e. The number of likely N-dealkylation sites (N-methyl/N-ethyl adjacent to an activating group) is 1. The Balaban J connectivity index is 2.01. The average Bonchev–Trinajstić information content (AvgIpc) is 2.85. The molecule has 0 saturated carbocycles. The van der Waals surface area contributed by atoms with Crippen LogP contribution in [-0.2, 0) is 11.2 Å². The van der Waals surface area contributed by atoms with Crippen molar-refractivity contribution in [3.63, 3.8) is 0 Å². The number of carbonyl (C=O) groups excluding carboxylic acids is 1. The van der Waals surface area contributed by atoms with E-state index >= 15 is 0 Å². The van der Waals surface area contributed by atoms with Gasteiger partial charge in [0.2, 0.25) is 11.7 Å². The Bertz CT molecular complexity index is 796. The molecular formula is C19H20BrNO4. The fourth-order valence-corrected chi connectivity index (χ4v) is 3.66. The van der Waals surface area contributed by atoms with E-state index in [0.29, 0.717) is 23.7 Å². The van der Waals surface area contributed by atoms with E-state index in [1.165, 1.54) is 0 Å². The minimum atomic E-state index is -0.236. The van der Waals surface area contributed by atoms with Crippen LogP contribution in [0.3, 0.4) is 0 Å². The molecule has 1 amide bonds. The molecule has 0 fully saturated rings. The summed E-state index contributed by atoms with van der Waals surface area (Å²) in [5.74, 6) is 1.57. The van der Waals surface area contributed by atoms with Crippen molar-refractivity contribution in [3.8, 4) is 17.2 Å². The maximum absolute atomic E-state index is 12.7. The summed E-state index contributed by atoms with van der Waals surface area (Å²) in [4.78, 5) is 14.4. The molecular weight excluding hydrogens is 386 g/mol. The van der Waals surface area contributed by atoms with Crippen LogP contribution < -0.4 is 19.1 Å². The predicted molar refractivity (Wildman–Crippen MR) is 100 cm³/mol. The molecule has 0 unspecified atom stereocenters. The molecule has 2 aromatic carbocycles. The van der Waals surface area contributed by atoms with E-state index in [1.54, 1.807) is 26.2 Å². The molecule has 0 bridgehead atoms. The summed E-state index contributed by atoms with van der Waals surface area (Å²) in [6.07, 6.45) is 0.559. The molecule has 0 radical (unpaired) electrons. The van der Waals surface area contributed by atoms with Gasteiger partial charge in [0.15, 0.2) is 11.5 Å². The Morgan fingerprint density at radius 2 is 1.68 bits per heavy atom. The highest BCUT2D eigenvalue weighted by molar-refractivity contribution is 9.10. The van der Waals surface area contributed by atoms with Gasteiger partial charge in [-0.2, -0.15) is 0 Å². The molecule has 0 aliphatic carbocycles. The van der Waals surface area contributed by atoms with Crippen LogP contribution in [0, 0.1) is 0 Å². The van der Waals surface area contributed by atoms with Gasteiger partial charge in [0.1, 0.15) is 0 Å². The van der Waals surface area contributed by atoms with Gasteiger partial charge in [-0.05, 0) is 47.9 Å². The van der Waals surface area contributed by atoms with Crippen LogP contribution in [0.2, 0.25) is 0 Å². The molecule has 1 aliphatic rings. The van der Waals surface area contributed by atoms with E-state index in [0.717, 1.165) is 21.3 Å². The highest BCUT2D eigenvalue weighted by atomic mass is 79.9. The first-order valence-electron chi connectivity index (χ1n) is 7.86. The smallest absolute Gasteiger partial charge is 0.234 e. The largest absolute Gasteiger partial charge is 0.493 e. The lowest BCUT2D eigenvalue weighted by molar-refractivity contribution is -0.119. The summed E-state index contributed by atoms with van der Waals surface area (Å²) in [6, 6.07) is 9.71. The first-order valence-corrected chi connectivity index (χ1v) is 8.65. The molecule has 0 spiro atoms. The van der Waals surface area contributed by atoms with Crippen molar-refractivity contribution in [2.45, 2.75) is 12.3 Å². The zero-order chi connectivity index (χ0) is 18.1. The zero-order valence-corrected chi connectivity index (χ0v) is 16.2. The van der Waals surface area contributed by atoms with Crippen molar-refractivity contribution in [2.24, 2.45) is 0 Å². The molecule has 1 heterocycles. The second kappa shape index (κ2) is 6.96. The fourth-order valence-electron chi connectivity index (χ4n) is 3.28. The van der Waals surface area contributed by atoms with E-state index in [9.17, 15) is 4.79 Å². The number of fused-ring (bicyclic) bond motifs is 1. The third kappa shape index (κ3) is 3.06. The number of benzene rings is 2. The van der Waals surface area contributed by atoms with Crippen molar-refractivity contribution in [2.75, 3.05) is 33.3 Å². The second-order valence-electron chi connectivity index (χ2n) is 5.89. The third-order valence-electron chi connectivity index (χ3n) is 4.52. The summed E-state index contributed by atoms with van der Waals surface area (Å²) in [6.45, 7) is 0. The van der Waals surface area contributed by atoms with Gasteiger partial charge >= 0.3 is 0 Å². The molecule has 0 aromatic heterocycles. The monoisotopic (exact) mass is 405 g/mol. The quantitative estimate of drug-likeness (QED) is 0.759. The minimum absolute atomic E-state index is 0.0850. The predicted octanol–water partition coefficient (Wildman–Crippen LogP) is 3.78. The maximum atomic E-state index is 12.7. The number of hydrogen-bond acceptors (Lipinski definition) is 4. The standard InChI is InChI=1S/C19H20BrNO4/c1-21-15-6-5-12(20)10-13(15)14(19(21)22)7-11-8-16(23-2)18(25-4)17(9-11)24-3/h5-6,8-10,14H,7H2,1-4H3/t14-/m0/s1. The molecule has 2 aromatic rings. The van der Waals surface area contributed by atoms with Crippen LogP contribution in [0.25, 0.3) is 0 Å². The van der Waals surface area contributed by atoms with Gasteiger partial charge in [-0.15, -0.1) is 0 Å². The summed E-state index contributed by atoms with van der Waals surface area (Å²) in [5.41, 5.74) is 2.93. The molecule has 25 heavy (non-hydrogen) atoms. The van der Waals surface area contributed by atoms with E-state index < -0.39 is 0 Å². The van der Waals surface area contributed by atoms with Gasteiger partial charge in [-0.1, -0.05) is 15.9 Å². The van der Waals surface area contributed by atoms with Gasteiger partial charge < -0.3 is 19.1 Å². The van der Waals surface area contributed by atoms with E-state index in [4.69, 9.17) is 14.2 Å². The van der Waals surface area contributed by atoms with Crippen LogP contribution in [-0.4, -0.2) is 34.3 Å². The summed E-state index contributed by atoms with van der Waals surface area (Å²) in [5, 5.41) is 0.